The summed E-state index contributed by atoms with van der Waals surface area (Å²) in [4.78, 5) is 1.51. The van der Waals surface area contributed by atoms with E-state index in [0.717, 1.165) is 24.4 Å². The first-order valence-electron chi connectivity index (χ1n) is 6.94. The molecule has 0 aliphatic heterocycles. The van der Waals surface area contributed by atoms with Crippen molar-refractivity contribution in [2.45, 2.75) is 51.0 Å². The van der Waals surface area contributed by atoms with E-state index in [1.54, 1.807) is 0 Å². The Morgan fingerprint density at radius 3 is 2.41 bits per heavy atom. The third-order valence-electron chi connectivity index (χ3n) is 4.23. The van der Waals surface area contributed by atoms with Crippen molar-refractivity contribution < 1.29 is 0 Å². The van der Waals surface area contributed by atoms with Crippen LogP contribution in [0.3, 0.4) is 0 Å². The zero-order valence-electron chi connectivity index (χ0n) is 10.9. The summed E-state index contributed by atoms with van der Waals surface area (Å²) >= 11 is 1.89. The van der Waals surface area contributed by atoms with Crippen LogP contribution in [0.15, 0.2) is 17.5 Å². The monoisotopic (exact) mass is 249 g/mol. The quantitative estimate of drug-likeness (QED) is 0.808. The first-order valence-corrected chi connectivity index (χ1v) is 7.82. The molecule has 0 amide bonds. The third kappa shape index (κ3) is 2.74. The van der Waals surface area contributed by atoms with Gasteiger partial charge in [0.05, 0.1) is 0 Å². The van der Waals surface area contributed by atoms with Crippen LogP contribution >= 0.6 is 11.3 Å². The molecule has 1 aromatic heterocycles. The molecule has 0 atom stereocenters. The van der Waals surface area contributed by atoms with Crippen LogP contribution in [0.4, 0.5) is 0 Å². The zero-order chi connectivity index (χ0) is 11.9. The predicted octanol–water partition coefficient (Wildman–Crippen LogP) is 3.80. The number of hydrogen-bond acceptors (Lipinski definition) is 2. The van der Waals surface area contributed by atoms with E-state index >= 15 is 0 Å². The van der Waals surface area contributed by atoms with Gasteiger partial charge in [-0.15, -0.1) is 11.3 Å². The van der Waals surface area contributed by atoms with Crippen molar-refractivity contribution in [3.05, 3.63) is 22.4 Å². The second-order valence-electron chi connectivity index (χ2n) is 6.44. The summed E-state index contributed by atoms with van der Waals surface area (Å²) in [6.45, 7) is 5.86. The van der Waals surface area contributed by atoms with Crippen LogP contribution in [0.25, 0.3) is 0 Å². The molecule has 3 rings (SSSR count). The van der Waals surface area contributed by atoms with E-state index in [4.69, 9.17) is 0 Å². The lowest BCUT2D eigenvalue weighted by Crippen LogP contribution is -2.41. The summed E-state index contributed by atoms with van der Waals surface area (Å²) in [5.41, 5.74) is 0.288. The van der Waals surface area contributed by atoms with Gasteiger partial charge in [-0.25, -0.2) is 0 Å². The number of nitrogens with one attached hydrogen (secondary N) is 1. The minimum absolute atomic E-state index is 0.288. The molecular formula is C15H23NS. The third-order valence-corrected chi connectivity index (χ3v) is 5.46. The van der Waals surface area contributed by atoms with Crippen LogP contribution in [0.2, 0.25) is 0 Å². The van der Waals surface area contributed by atoms with E-state index in [-0.39, 0.29) is 5.41 Å². The van der Waals surface area contributed by atoms with Gasteiger partial charge in [-0.2, -0.15) is 0 Å². The van der Waals surface area contributed by atoms with Gasteiger partial charge in [0.15, 0.2) is 0 Å². The molecule has 2 aliphatic rings. The molecule has 2 fully saturated rings. The first-order chi connectivity index (χ1) is 8.17. The maximum Gasteiger partial charge on any atom is 0.0124 e. The Hall–Kier alpha value is -0.340. The maximum atomic E-state index is 3.88. The van der Waals surface area contributed by atoms with Crippen molar-refractivity contribution in [1.29, 1.82) is 0 Å². The Balaban J connectivity index is 1.58. The van der Waals surface area contributed by atoms with Gasteiger partial charge in [0, 0.05) is 22.9 Å². The van der Waals surface area contributed by atoms with Crippen molar-refractivity contribution in [2.75, 3.05) is 6.54 Å². The molecule has 94 valence electrons. The lowest BCUT2D eigenvalue weighted by Gasteiger charge is -2.28. The molecular weight excluding hydrogens is 226 g/mol. The molecule has 0 bridgehead atoms. The van der Waals surface area contributed by atoms with E-state index in [2.05, 4.69) is 36.7 Å². The van der Waals surface area contributed by atoms with Gasteiger partial charge in [0.1, 0.15) is 0 Å². The second kappa shape index (κ2) is 4.40. The Labute approximate surface area is 109 Å². The van der Waals surface area contributed by atoms with Gasteiger partial charge < -0.3 is 5.32 Å². The summed E-state index contributed by atoms with van der Waals surface area (Å²) in [7, 11) is 0. The largest absolute Gasteiger partial charge is 0.313 e. The summed E-state index contributed by atoms with van der Waals surface area (Å²) < 4.78 is 0. The highest BCUT2D eigenvalue weighted by Crippen LogP contribution is 2.44. The van der Waals surface area contributed by atoms with Crippen molar-refractivity contribution >= 4 is 11.3 Å². The zero-order valence-corrected chi connectivity index (χ0v) is 11.7. The van der Waals surface area contributed by atoms with Gasteiger partial charge in [-0.1, -0.05) is 19.9 Å². The first kappa shape index (κ1) is 11.7. The SMILES string of the molecule is CC(C)(CNC(C1CC1)C1CC1)c1cccs1. The molecule has 1 nitrogen and oxygen atoms in total. The maximum absolute atomic E-state index is 3.88. The summed E-state index contributed by atoms with van der Waals surface area (Å²) in [5.74, 6) is 2.00. The number of thiophene rings is 1. The summed E-state index contributed by atoms with van der Waals surface area (Å²) in [6.07, 6.45) is 5.86. The molecule has 0 unspecified atom stereocenters. The molecule has 0 spiro atoms. The summed E-state index contributed by atoms with van der Waals surface area (Å²) in [6, 6.07) is 5.27. The van der Waals surface area contributed by atoms with Crippen LogP contribution < -0.4 is 5.32 Å². The fourth-order valence-electron chi connectivity index (χ4n) is 2.75. The van der Waals surface area contributed by atoms with Gasteiger partial charge in [-0.3, -0.25) is 0 Å². The smallest absolute Gasteiger partial charge is 0.0124 e. The van der Waals surface area contributed by atoms with Gasteiger partial charge in [-0.05, 0) is 49.0 Å². The van der Waals surface area contributed by atoms with Gasteiger partial charge >= 0.3 is 0 Å². The van der Waals surface area contributed by atoms with E-state index < -0.39 is 0 Å². The van der Waals surface area contributed by atoms with E-state index in [0.29, 0.717) is 0 Å². The van der Waals surface area contributed by atoms with Crippen LogP contribution in [-0.2, 0) is 5.41 Å². The number of hydrogen-bond donors (Lipinski definition) is 1. The van der Waals surface area contributed by atoms with Crippen molar-refractivity contribution in [1.82, 2.24) is 5.32 Å². The highest BCUT2D eigenvalue weighted by Gasteiger charge is 2.41. The normalized spacial score (nSPS) is 21.1. The number of rotatable bonds is 6. The highest BCUT2D eigenvalue weighted by molar-refractivity contribution is 7.10. The molecule has 2 saturated carbocycles. The van der Waals surface area contributed by atoms with E-state index in [9.17, 15) is 0 Å². The van der Waals surface area contributed by atoms with Gasteiger partial charge in [0.25, 0.3) is 0 Å². The standard InChI is InChI=1S/C15H23NS/c1-15(2,13-4-3-9-17-13)10-16-14(11-5-6-11)12-7-8-12/h3-4,9,11-12,14,16H,5-8,10H2,1-2H3. The lowest BCUT2D eigenvalue weighted by molar-refractivity contribution is 0.367. The van der Waals surface area contributed by atoms with Crippen molar-refractivity contribution in [3.63, 3.8) is 0 Å². The molecule has 2 aliphatic carbocycles. The predicted molar refractivity (Wildman–Crippen MR) is 74.6 cm³/mol. The van der Waals surface area contributed by atoms with E-state index in [1.165, 1.54) is 30.6 Å². The molecule has 0 aromatic carbocycles. The van der Waals surface area contributed by atoms with Crippen molar-refractivity contribution in [3.8, 4) is 0 Å². The Morgan fingerprint density at radius 2 is 1.94 bits per heavy atom. The fourth-order valence-corrected chi connectivity index (χ4v) is 3.60. The van der Waals surface area contributed by atoms with Crippen LogP contribution in [-0.4, -0.2) is 12.6 Å². The van der Waals surface area contributed by atoms with Crippen molar-refractivity contribution in [2.24, 2.45) is 11.8 Å². The highest BCUT2D eigenvalue weighted by atomic mass is 32.1. The van der Waals surface area contributed by atoms with Crippen LogP contribution in [0.5, 0.6) is 0 Å². The Morgan fingerprint density at radius 1 is 1.29 bits per heavy atom. The fraction of sp³-hybridized carbons (Fsp3) is 0.733. The average molecular weight is 249 g/mol. The minimum Gasteiger partial charge on any atom is -0.313 e. The van der Waals surface area contributed by atoms with Crippen LogP contribution in [0, 0.1) is 11.8 Å². The Bertz CT molecular complexity index is 348. The van der Waals surface area contributed by atoms with E-state index in [1.807, 2.05) is 11.3 Å². The average Bonchev–Trinajstić information content (AvgIpc) is 3.21. The molecule has 17 heavy (non-hydrogen) atoms. The molecule has 1 heterocycles. The molecule has 0 radical (unpaired) electrons. The van der Waals surface area contributed by atoms with Crippen LogP contribution in [0.1, 0.15) is 44.4 Å². The Kier molecular flexibility index (Phi) is 3.04. The van der Waals surface area contributed by atoms with Gasteiger partial charge in [0.2, 0.25) is 0 Å². The summed E-state index contributed by atoms with van der Waals surface area (Å²) in [5, 5.41) is 6.07. The molecule has 1 aromatic rings. The molecule has 0 saturated heterocycles. The molecule has 1 N–H and O–H groups in total. The lowest BCUT2D eigenvalue weighted by atomic mass is 9.90. The topological polar surface area (TPSA) is 12.0 Å². The second-order valence-corrected chi connectivity index (χ2v) is 7.39. The molecule has 2 heteroatoms. The minimum atomic E-state index is 0.288.